The van der Waals surface area contributed by atoms with Crippen molar-refractivity contribution in [2.75, 3.05) is 25.1 Å². The molecule has 1 aliphatic carbocycles. The summed E-state index contributed by atoms with van der Waals surface area (Å²) < 4.78 is 13.8. The summed E-state index contributed by atoms with van der Waals surface area (Å²) in [5.74, 6) is 1.46. The highest BCUT2D eigenvalue weighted by atomic mass is 16.5. The van der Waals surface area contributed by atoms with E-state index >= 15 is 0 Å². The first-order valence-electron chi connectivity index (χ1n) is 12.0. The second kappa shape index (κ2) is 8.77. The summed E-state index contributed by atoms with van der Waals surface area (Å²) >= 11 is 0. The van der Waals surface area contributed by atoms with Crippen LogP contribution in [0.1, 0.15) is 57.6 Å². The molecule has 0 radical (unpaired) electrons. The van der Waals surface area contributed by atoms with Gasteiger partial charge in [0.05, 0.1) is 31.1 Å². The number of fused-ring (bicyclic) bond motifs is 1. The summed E-state index contributed by atoms with van der Waals surface area (Å²) in [4.78, 5) is 14.3. The molecule has 1 aromatic carbocycles. The molecular weight excluding hydrogens is 404 g/mol. The Kier molecular flexibility index (Phi) is 5.84. The van der Waals surface area contributed by atoms with E-state index in [1.54, 1.807) is 4.90 Å². The highest BCUT2D eigenvalue weighted by Gasteiger charge is 2.34. The number of anilines is 1. The molecule has 7 nitrogen and oxygen atoms in total. The average molecular weight is 439 g/mol. The van der Waals surface area contributed by atoms with Gasteiger partial charge in [0, 0.05) is 28.9 Å². The van der Waals surface area contributed by atoms with Gasteiger partial charge in [-0.2, -0.15) is 5.10 Å². The molecular formula is C25H34N4O3. The number of nitrogens with zero attached hydrogens (tertiary/aromatic N) is 3. The van der Waals surface area contributed by atoms with Crippen molar-refractivity contribution in [3.05, 3.63) is 30.1 Å². The normalized spacial score (nSPS) is 25.7. The average Bonchev–Trinajstić information content (AvgIpc) is 3.25. The van der Waals surface area contributed by atoms with Crippen LogP contribution in [0, 0.1) is 5.92 Å². The van der Waals surface area contributed by atoms with Crippen molar-refractivity contribution in [3.8, 4) is 16.9 Å². The van der Waals surface area contributed by atoms with Crippen molar-refractivity contribution < 1.29 is 14.3 Å². The topological polar surface area (TPSA) is 68.6 Å². The smallest absolute Gasteiger partial charge is 0.414 e. The van der Waals surface area contributed by atoms with Crippen LogP contribution >= 0.6 is 0 Å². The molecule has 1 amide bonds. The first-order valence-corrected chi connectivity index (χ1v) is 12.0. The van der Waals surface area contributed by atoms with Gasteiger partial charge in [0.25, 0.3) is 0 Å². The first-order chi connectivity index (χ1) is 15.6. The van der Waals surface area contributed by atoms with Crippen LogP contribution in [0.4, 0.5) is 10.5 Å². The zero-order valence-corrected chi connectivity index (χ0v) is 19.3. The van der Waals surface area contributed by atoms with Crippen LogP contribution in [0.2, 0.25) is 0 Å². The maximum Gasteiger partial charge on any atom is 0.414 e. The Balaban J connectivity index is 1.55. The number of benzene rings is 1. The molecule has 3 atom stereocenters. The maximum absolute atomic E-state index is 12.5. The molecule has 2 aromatic rings. The van der Waals surface area contributed by atoms with Crippen LogP contribution in [0.25, 0.3) is 11.1 Å². The van der Waals surface area contributed by atoms with Crippen LogP contribution < -0.4 is 15.0 Å². The Morgan fingerprint density at radius 2 is 2.03 bits per heavy atom. The number of ether oxygens (including phenoxy) is 2. The third-order valence-electron chi connectivity index (χ3n) is 7.45. The minimum atomic E-state index is -0.312. The summed E-state index contributed by atoms with van der Waals surface area (Å²) in [5.41, 5.74) is 4.17. The van der Waals surface area contributed by atoms with Gasteiger partial charge in [-0.05, 0) is 76.6 Å². The molecule has 1 saturated carbocycles. The highest BCUT2D eigenvalue weighted by Crippen LogP contribution is 2.45. The Morgan fingerprint density at radius 1 is 1.19 bits per heavy atom. The number of carbonyl (C=O) groups excluding carboxylic acids is 1. The molecule has 0 bridgehead atoms. The fraction of sp³-hybridized carbons (Fsp3) is 0.600. The van der Waals surface area contributed by atoms with Gasteiger partial charge in [-0.1, -0.05) is 6.92 Å². The third-order valence-corrected chi connectivity index (χ3v) is 7.45. The van der Waals surface area contributed by atoms with Crippen molar-refractivity contribution in [2.45, 2.75) is 70.6 Å². The Morgan fingerprint density at radius 3 is 2.75 bits per heavy atom. The number of aromatic nitrogens is 2. The number of hydrogen-bond donors (Lipinski definition) is 1. The summed E-state index contributed by atoms with van der Waals surface area (Å²) in [6.07, 6.45) is 10.3. The van der Waals surface area contributed by atoms with Crippen molar-refractivity contribution in [1.82, 2.24) is 15.1 Å². The van der Waals surface area contributed by atoms with E-state index in [-0.39, 0.29) is 18.2 Å². The van der Waals surface area contributed by atoms with Gasteiger partial charge in [0.1, 0.15) is 5.75 Å². The second-order valence-electron chi connectivity index (χ2n) is 9.58. The van der Waals surface area contributed by atoms with Crippen LogP contribution in [0.5, 0.6) is 5.75 Å². The molecule has 2 unspecified atom stereocenters. The molecule has 2 fully saturated rings. The van der Waals surface area contributed by atoms with Gasteiger partial charge in [-0.15, -0.1) is 0 Å². The Labute approximate surface area is 190 Å². The zero-order chi connectivity index (χ0) is 22.2. The molecule has 0 spiro atoms. The molecule has 3 aliphatic rings. The molecule has 1 N–H and O–H groups in total. The van der Waals surface area contributed by atoms with E-state index in [1.807, 2.05) is 6.20 Å². The lowest BCUT2D eigenvalue weighted by Gasteiger charge is -2.37. The van der Waals surface area contributed by atoms with Gasteiger partial charge in [0.15, 0.2) is 0 Å². The standard InChI is InChI=1S/C25H34N4O3/c1-16-13-26-12-11-22(16)28-15-18(14-27-28)20-9-10-23-21(24(20)32-19-5-4-6-19)8-7-17(2)29(23)25(30)31-3/h9-10,14-17,19,22,26H,4-8,11-13H2,1-3H3/t16?,17-,22?/m0/s1. The Hall–Kier alpha value is -2.54. The molecule has 32 heavy (non-hydrogen) atoms. The molecule has 3 heterocycles. The van der Waals surface area contributed by atoms with E-state index in [1.165, 1.54) is 13.5 Å². The molecule has 7 heteroatoms. The van der Waals surface area contributed by atoms with Crippen LogP contribution in [0.15, 0.2) is 24.5 Å². The predicted molar refractivity (Wildman–Crippen MR) is 124 cm³/mol. The van der Waals surface area contributed by atoms with Crippen LogP contribution in [-0.2, 0) is 11.2 Å². The number of hydrogen-bond acceptors (Lipinski definition) is 5. The third kappa shape index (κ3) is 3.76. The number of amides is 1. The van der Waals surface area contributed by atoms with Gasteiger partial charge < -0.3 is 14.8 Å². The van der Waals surface area contributed by atoms with E-state index in [0.29, 0.717) is 12.0 Å². The number of nitrogens with one attached hydrogen (secondary N) is 1. The quantitative estimate of drug-likeness (QED) is 0.758. The molecule has 2 aliphatic heterocycles. The van der Waals surface area contributed by atoms with E-state index in [0.717, 1.165) is 73.3 Å². The van der Waals surface area contributed by atoms with Gasteiger partial charge >= 0.3 is 6.09 Å². The number of rotatable bonds is 4. The van der Waals surface area contributed by atoms with Crippen molar-refractivity contribution in [1.29, 1.82) is 0 Å². The minimum Gasteiger partial charge on any atom is -0.489 e. The summed E-state index contributed by atoms with van der Waals surface area (Å²) in [5, 5.41) is 8.22. The fourth-order valence-corrected chi connectivity index (χ4v) is 5.25. The predicted octanol–water partition coefficient (Wildman–Crippen LogP) is 4.56. The maximum atomic E-state index is 12.5. The summed E-state index contributed by atoms with van der Waals surface area (Å²) in [6.45, 7) is 6.41. The second-order valence-corrected chi connectivity index (χ2v) is 9.58. The largest absolute Gasteiger partial charge is 0.489 e. The van der Waals surface area contributed by atoms with E-state index in [4.69, 9.17) is 14.6 Å². The monoisotopic (exact) mass is 438 g/mol. The van der Waals surface area contributed by atoms with Crippen molar-refractivity contribution in [2.24, 2.45) is 5.92 Å². The first kappa shape index (κ1) is 21.3. The SMILES string of the molecule is COC(=O)N1c2ccc(-c3cnn(C4CCNCC4C)c3)c(OC3CCC3)c2CC[C@@H]1C. The van der Waals surface area contributed by atoms with E-state index < -0.39 is 0 Å². The summed E-state index contributed by atoms with van der Waals surface area (Å²) in [7, 11) is 1.44. The number of methoxy groups -OCH3 is 1. The van der Waals surface area contributed by atoms with Gasteiger partial charge in [-0.3, -0.25) is 9.58 Å². The van der Waals surface area contributed by atoms with Crippen molar-refractivity contribution in [3.63, 3.8) is 0 Å². The van der Waals surface area contributed by atoms with Crippen molar-refractivity contribution >= 4 is 11.8 Å². The lowest BCUT2D eigenvalue weighted by Crippen LogP contribution is -2.42. The fourth-order valence-electron chi connectivity index (χ4n) is 5.25. The van der Waals surface area contributed by atoms with Gasteiger partial charge in [0.2, 0.25) is 0 Å². The highest BCUT2D eigenvalue weighted by molar-refractivity contribution is 5.92. The van der Waals surface area contributed by atoms with E-state index in [9.17, 15) is 4.79 Å². The molecule has 172 valence electrons. The number of carbonyl (C=O) groups is 1. The molecule has 5 rings (SSSR count). The zero-order valence-electron chi connectivity index (χ0n) is 19.3. The van der Waals surface area contributed by atoms with Crippen LogP contribution in [0.3, 0.4) is 0 Å². The number of piperidine rings is 1. The van der Waals surface area contributed by atoms with Crippen LogP contribution in [-0.4, -0.2) is 48.2 Å². The molecule has 1 aromatic heterocycles. The Bertz CT molecular complexity index is 984. The van der Waals surface area contributed by atoms with Gasteiger partial charge in [-0.25, -0.2) is 4.79 Å². The summed E-state index contributed by atoms with van der Waals surface area (Å²) in [6, 6.07) is 4.65. The molecule has 1 saturated heterocycles. The lowest BCUT2D eigenvalue weighted by molar-refractivity contribution is 0.119. The minimum absolute atomic E-state index is 0.0986. The van der Waals surface area contributed by atoms with E-state index in [2.05, 4.69) is 42.2 Å². The lowest BCUT2D eigenvalue weighted by atomic mass is 9.91.